The normalized spacial score (nSPS) is 10.5. The molecule has 0 saturated carbocycles. The molecular formula is C13H13Br2N3O. The van der Waals surface area contributed by atoms with Gasteiger partial charge >= 0.3 is 0 Å². The number of rotatable bonds is 3. The standard InChI is InChI=1S/C13H13Br2N3O/c1-8-13(15)9(2)18(17-8)7-12(19)16-11-5-3-10(14)4-6-11/h3-6H,7H2,1-2H3,(H,16,19). The molecular weight excluding hydrogens is 374 g/mol. The molecule has 1 N–H and O–H groups in total. The second-order valence-electron chi connectivity index (χ2n) is 4.20. The number of carbonyl (C=O) groups excluding carboxylic acids is 1. The van der Waals surface area contributed by atoms with Gasteiger partial charge in [-0.2, -0.15) is 5.10 Å². The van der Waals surface area contributed by atoms with Crippen LogP contribution in [0.5, 0.6) is 0 Å². The molecule has 2 aromatic rings. The molecule has 0 unspecified atom stereocenters. The van der Waals surface area contributed by atoms with Crippen LogP contribution in [0.15, 0.2) is 33.2 Å². The molecule has 1 heterocycles. The molecule has 0 radical (unpaired) electrons. The summed E-state index contributed by atoms with van der Waals surface area (Å²) in [4.78, 5) is 11.9. The fraction of sp³-hybridized carbons (Fsp3) is 0.231. The molecule has 0 spiro atoms. The van der Waals surface area contributed by atoms with Crippen molar-refractivity contribution in [2.75, 3.05) is 5.32 Å². The van der Waals surface area contributed by atoms with E-state index in [0.717, 1.165) is 26.0 Å². The maximum atomic E-state index is 11.9. The lowest BCUT2D eigenvalue weighted by molar-refractivity contribution is -0.116. The van der Waals surface area contributed by atoms with Crippen LogP contribution >= 0.6 is 31.9 Å². The number of anilines is 1. The summed E-state index contributed by atoms with van der Waals surface area (Å²) in [6.45, 7) is 4.03. The molecule has 1 aromatic heterocycles. The highest BCUT2D eigenvalue weighted by molar-refractivity contribution is 9.10. The van der Waals surface area contributed by atoms with Crippen molar-refractivity contribution in [3.63, 3.8) is 0 Å². The second-order valence-corrected chi connectivity index (χ2v) is 5.91. The molecule has 1 aromatic carbocycles. The maximum Gasteiger partial charge on any atom is 0.246 e. The highest BCUT2D eigenvalue weighted by Gasteiger charge is 2.11. The molecule has 2 rings (SSSR count). The summed E-state index contributed by atoms with van der Waals surface area (Å²) in [5.41, 5.74) is 2.60. The van der Waals surface area contributed by atoms with Crippen LogP contribution < -0.4 is 5.32 Å². The third-order valence-electron chi connectivity index (χ3n) is 2.71. The zero-order chi connectivity index (χ0) is 14.0. The minimum Gasteiger partial charge on any atom is -0.324 e. The lowest BCUT2D eigenvalue weighted by Crippen LogP contribution is -2.20. The number of aromatic nitrogens is 2. The highest BCUT2D eigenvalue weighted by atomic mass is 79.9. The summed E-state index contributed by atoms with van der Waals surface area (Å²) in [5.74, 6) is -0.0968. The molecule has 0 aliphatic carbocycles. The van der Waals surface area contributed by atoms with Crippen LogP contribution in [-0.2, 0) is 11.3 Å². The van der Waals surface area contributed by atoms with E-state index >= 15 is 0 Å². The van der Waals surface area contributed by atoms with Crippen LogP contribution in [0.25, 0.3) is 0 Å². The smallest absolute Gasteiger partial charge is 0.246 e. The first-order valence-electron chi connectivity index (χ1n) is 5.72. The average molecular weight is 387 g/mol. The number of nitrogens with zero attached hydrogens (tertiary/aromatic N) is 2. The van der Waals surface area contributed by atoms with Crippen molar-refractivity contribution in [2.45, 2.75) is 20.4 Å². The highest BCUT2D eigenvalue weighted by Crippen LogP contribution is 2.20. The molecule has 4 nitrogen and oxygen atoms in total. The molecule has 1 amide bonds. The van der Waals surface area contributed by atoms with E-state index in [2.05, 4.69) is 42.3 Å². The van der Waals surface area contributed by atoms with Gasteiger partial charge in [0, 0.05) is 10.2 Å². The lowest BCUT2D eigenvalue weighted by atomic mass is 10.3. The van der Waals surface area contributed by atoms with E-state index in [1.54, 1.807) is 4.68 Å². The van der Waals surface area contributed by atoms with Crippen molar-refractivity contribution in [1.82, 2.24) is 9.78 Å². The summed E-state index contributed by atoms with van der Waals surface area (Å²) in [6.07, 6.45) is 0. The van der Waals surface area contributed by atoms with Crippen LogP contribution in [-0.4, -0.2) is 15.7 Å². The minimum atomic E-state index is -0.0968. The van der Waals surface area contributed by atoms with Gasteiger partial charge in [0.2, 0.25) is 5.91 Å². The first-order chi connectivity index (χ1) is 8.97. The number of benzene rings is 1. The van der Waals surface area contributed by atoms with E-state index in [9.17, 15) is 4.79 Å². The summed E-state index contributed by atoms with van der Waals surface area (Å²) < 4.78 is 3.62. The Kier molecular flexibility index (Phi) is 4.42. The second kappa shape index (κ2) is 5.88. The van der Waals surface area contributed by atoms with E-state index in [4.69, 9.17) is 0 Å². The van der Waals surface area contributed by atoms with Gasteiger partial charge in [0.1, 0.15) is 6.54 Å². The molecule has 0 aliphatic heterocycles. The van der Waals surface area contributed by atoms with E-state index in [1.165, 1.54) is 0 Å². The van der Waals surface area contributed by atoms with Gasteiger partial charge in [-0.1, -0.05) is 15.9 Å². The molecule has 6 heteroatoms. The van der Waals surface area contributed by atoms with Crippen LogP contribution in [0.4, 0.5) is 5.69 Å². The minimum absolute atomic E-state index is 0.0968. The van der Waals surface area contributed by atoms with Gasteiger partial charge in [-0.3, -0.25) is 9.48 Å². The van der Waals surface area contributed by atoms with Crippen LogP contribution in [0, 0.1) is 13.8 Å². The van der Waals surface area contributed by atoms with Gasteiger partial charge in [-0.25, -0.2) is 0 Å². The Morgan fingerprint density at radius 2 is 1.89 bits per heavy atom. The van der Waals surface area contributed by atoms with E-state index < -0.39 is 0 Å². The zero-order valence-electron chi connectivity index (χ0n) is 10.6. The van der Waals surface area contributed by atoms with Gasteiger partial charge in [0.25, 0.3) is 0 Å². The largest absolute Gasteiger partial charge is 0.324 e. The molecule has 0 bridgehead atoms. The molecule has 0 atom stereocenters. The number of carbonyl (C=O) groups is 1. The third kappa shape index (κ3) is 3.45. The van der Waals surface area contributed by atoms with Crippen LogP contribution in [0.1, 0.15) is 11.4 Å². The summed E-state index contributed by atoms with van der Waals surface area (Å²) in [5, 5.41) is 7.14. The number of aryl methyl sites for hydroxylation is 1. The average Bonchev–Trinajstić information content (AvgIpc) is 2.60. The summed E-state index contributed by atoms with van der Waals surface area (Å²) >= 11 is 6.80. The summed E-state index contributed by atoms with van der Waals surface area (Å²) in [7, 11) is 0. The van der Waals surface area contributed by atoms with E-state index in [-0.39, 0.29) is 12.5 Å². The number of amides is 1. The quantitative estimate of drug-likeness (QED) is 0.874. The lowest BCUT2D eigenvalue weighted by Gasteiger charge is -2.07. The van der Waals surface area contributed by atoms with Gasteiger partial charge in [-0.05, 0) is 54.0 Å². The maximum absolute atomic E-state index is 11.9. The fourth-order valence-electron chi connectivity index (χ4n) is 1.70. The van der Waals surface area contributed by atoms with Gasteiger partial charge < -0.3 is 5.32 Å². The molecule has 0 aliphatic rings. The van der Waals surface area contributed by atoms with E-state index in [1.807, 2.05) is 38.1 Å². The Labute approximate surface area is 128 Å². The SMILES string of the molecule is Cc1nn(CC(=O)Nc2ccc(Br)cc2)c(C)c1Br. The van der Waals surface area contributed by atoms with E-state index in [0.29, 0.717) is 0 Å². The van der Waals surface area contributed by atoms with Crippen LogP contribution in [0.3, 0.4) is 0 Å². The first-order valence-corrected chi connectivity index (χ1v) is 7.31. The number of hydrogen-bond donors (Lipinski definition) is 1. The summed E-state index contributed by atoms with van der Waals surface area (Å²) in [6, 6.07) is 7.46. The monoisotopic (exact) mass is 385 g/mol. The molecule has 0 fully saturated rings. The predicted molar refractivity (Wildman–Crippen MR) is 82.2 cm³/mol. The third-order valence-corrected chi connectivity index (χ3v) is 4.39. The first kappa shape index (κ1) is 14.3. The zero-order valence-corrected chi connectivity index (χ0v) is 13.7. The van der Waals surface area contributed by atoms with Crippen molar-refractivity contribution in [1.29, 1.82) is 0 Å². The molecule has 19 heavy (non-hydrogen) atoms. The van der Waals surface area contributed by atoms with Crippen molar-refractivity contribution in [3.05, 3.63) is 44.6 Å². The Morgan fingerprint density at radius 1 is 1.26 bits per heavy atom. The van der Waals surface area contributed by atoms with Crippen molar-refractivity contribution in [3.8, 4) is 0 Å². The Bertz CT molecular complexity index is 605. The number of hydrogen-bond acceptors (Lipinski definition) is 2. The molecule has 100 valence electrons. The number of nitrogens with one attached hydrogen (secondary N) is 1. The fourth-order valence-corrected chi connectivity index (χ4v) is 2.25. The van der Waals surface area contributed by atoms with Crippen molar-refractivity contribution >= 4 is 43.5 Å². The Balaban J connectivity index is 2.05. The van der Waals surface area contributed by atoms with Crippen molar-refractivity contribution in [2.24, 2.45) is 0 Å². The van der Waals surface area contributed by atoms with Gasteiger partial charge in [0.05, 0.1) is 15.9 Å². The number of halogens is 2. The predicted octanol–water partition coefficient (Wildman–Crippen LogP) is 3.66. The van der Waals surface area contributed by atoms with Gasteiger partial charge in [-0.15, -0.1) is 0 Å². The molecule has 0 saturated heterocycles. The Morgan fingerprint density at radius 3 is 2.42 bits per heavy atom. The van der Waals surface area contributed by atoms with Crippen molar-refractivity contribution < 1.29 is 4.79 Å². The topological polar surface area (TPSA) is 46.9 Å². The Hall–Kier alpha value is -1.14. The van der Waals surface area contributed by atoms with Crippen LogP contribution in [0.2, 0.25) is 0 Å². The van der Waals surface area contributed by atoms with Gasteiger partial charge in [0.15, 0.2) is 0 Å².